The Balaban J connectivity index is 2.83. The molecular weight excluding hydrogens is 242 g/mol. The molecule has 1 aromatic carbocycles. The lowest BCUT2D eigenvalue weighted by Crippen LogP contribution is -2.30. The third kappa shape index (κ3) is 3.08. The number of aliphatic hydroxyl groups excluding tert-OH is 1. The van der Waals surface area contributed by atoms with E-state index in [4.69, 9.17) is 0 Å². The Labute approximate surface area is 93.5 Å². The molecule has 0 aromatic heterocycles. The molecule has 2 N–H and O–H groups in total. The normalized spacial score (nSPS) is 13.2. The van der Waals surface area contributed by atoms with Crippen molar-refractivity contribution in [2.45, 2.75) is 25.9 Å². The summed E-state index contributed by atoms with van der Waals surface area (Å²) in [6, 6.07) is 8.31. The van der Waals surface area contributed by atoms with Crippen LogP contribution in [0.2, 0.25) is 0 Å². The molecule has 0 aliphatic rings. The van der Waals surface area contributed by atoms with Gasteiger partial charge in [-0.15, -0.1) is 0 Å². The van der Waals surface area contributed by atoms with Crippen LogP contribution in [0.15, 0.2) is 28.7 Å². The predicted molar refractivity (Wildman–Crippen MR) is 62.2 cm³/mol. The summed E-state index contributed by atoms with van der Waals surface area (Å²) in [5.74, 6) is 0. The number of halogens is 1. The molecule has 3 heteroatoms. The molecule has 1 rings (SSSR count). The molecule has 0 aliphatic heterocycles. The second-order valence-electron chi connectivity index (χ2n) is 3.58. The second-order valence-corrected chi connectivity index (χ2v) is 4.43. The van der Waals surface area contributed by atoms with Crippen molar-refractivity contribution in [1.82, 2.24) is 5.32 Å². The summed E-state index contributed by atoms with van der Waals surface area (Å²) in [7, 11) is 0. The SMILES string of the molecule is CC(C)NC(CO)c1ccccc1Br. The van der Waals surface area contributed by atoms with Gasteiger partial charge in [0.25, 0.3) is 0 Å². The zero-order valence-corrected chi connectivity index (χ0v) is 10.1. The molecule has 0 radical (unpaired) electrons. The molecular formula is C11H16BrNO. The Morgan fingerprint density at radius 2 is 2.00 bits per heavy atom. The fourth-order valence-corrected chi connectivity index (χ4v) is 1.96. The van der Waals surface area contributed by atoms with Crippen molar-refractivity contribution in [3.8, 4) is 0 Å². The number of aliphatic hydroxyl groups is 1. The first-order valence-corrected chi connectivity index (χ1v) is 5.55. The Hall–Kier alpha value is -0.380. The van der Waals surface area contributed by atoms with Crippen molar-refractivity contribution in [2.75, 3.05) is 6.61 Å². The van der Waals surface area contributed by atoms with Gasteiger partial charge < -0.3 is 10.4 Å². The Kier molecular flexibility index (Phi) is 4.58. The van der Waals surface area contributed by atoms with Crippen LogP contribution < -0.4 is 5.32 Å². The minimum atomic E-state index is 0.00516. The van der Waals surface area contributed by atoms with Crippen LogP contribution in [-0.2, 0) is 0 Å². The molecule has 0 saturated carbocycles. The van der Waals surface area contributed by atoms with E-state index in [-0.39, 0.29) is 12.6 Å². The maximum atomic E-state index is 9.27. The van der Waals surface area contributed by atoms with Crippen LogP contribution in [0.4, 0.5) is 0 Å². The van der Waals surface area contributed by atoms with Crippen molar-refractivity contribution in [1.29, 1.82) is 0 Å². The van der Waals surface area contributed by atoms with Crippen LogP contribution in [0.5, 0.6) is 0 Å². The van der Waals surface area contributed by atoms with Gasteiger partial charge in [0.2, 0.25) is 0 Å². The van der Waals surface area contributed by atoms with Crippen LogP contribution in [-0.4, -0.2) is 17.8 Å². The van der Waals surface area contributed by atoms with Crippen molar-refractivity contribution in [3.63, 3.8) is 0 Å². The van der Waals surface area contributed by atoms with Crippen LogP contribution in [0.3, 0.4) is 0 Å². The number of hydrogen-bond acceptors (Lipinski definition) is 2. The average Bonchev–Trinajstić information content (AvgIpc) is 2.15. The van der Waals surface area contributed by atoms with E-state index in [1.165, 1.54) is 0 Å². The third-order valence-corrected chi connectivity index (χ3v) is 2.72. The summed E-state index contributed by atoms with van der Waals surface area (Å²) in [4.78, 5) is 0. The maximum absolute atomic E-state index is 9.27. The number of nitrogens with one attached hydrogen (secondary N) is 1. The van der Waals surface area contributed by atoms with Crippen molar-refractivity contribution in [2.24, 2.45) is 0 Å². The van der Waals surface area contributed by atoms with Crippen molar-refractivity contribution >= 4 is 15.9 Å². The molecule has 0 fully saturated rings. The van der Waals surface area contributed by atoms with Crippen molar-refractivity contribution < 1.29 is 5.11 Å². The molecule has 0 spiro atoms. The second kappa shape index (κ2) is 5.49. The van der Waals surface area contributed by atoms with E-state index < -0.39 is 0 Å². The highest BCUT2D eigenvalue weighted by atomic mass is 79.9. The molecule has 1 aromatic rings. The first-order chi connectivity index (χ1) is 6.65. The summed E-state index contributed by atoms with van der Waals surface area (Å²) >= 11 is 3.48. The summed E-state index contributed by atoms with van der Waals surface area (Å²) in [5, 5.41) is 12.6. The zero-order valence-electron chi connectivity index (χ0n) is 8.50. The van der Waals surface area contributed by atoms with Gasteiger partial charge in [0, 0.05) is 10.5 Å². The van der Waals surface area contributed by atoms with Gasteiger partial charge in [0.05, 0.1) is 12.6 Å². The van der Waals surface area contributed by atoms with Crippen LogP contribution in [0.25, 0.3) is 0 Å². The molecule has 0 aliphatic carbocycles. The minimum Gasteiger partial charge on any atom is -0.394 e. The Bertz CT molecular complexity index is 288. The predicted octanol–water partition coefficient (Wildman–Crippen LogP) is 2.48. The van der Waals surface area contributed by atoms with Gasteiger partial charge in [-0.2, -0.15) is 0 Å². The fourth-order valence-electron chi connectivity index (χ4n) is 1.40. The smallest absolute Gasteiger partial charge is 0.0627 e. The van der Waals surface area contributed by atoms with E-state index >= 15 is 0 Å². The maximum Gasteiger partial charge on any atom is 0.0627 e. The van der Waals surface area contributed by atoms with Gasteiger partial charge in [0.1, 0.15) is 0 Å². The first-order valence-electron chi connectivity index (χ1n) is 4.76. The third-order valence-electron chi connectivity index (χ3n) is 2.00. The minimum absolute atomic E-state index is 0.00516. The van der Waals surface area contributed by atoms with Gasteiger partial charge >= 0.3 is 0 Å². The topological polar surface area (TPSA) is 32.3 Å². The molecule has 0 heterocycles. The van der Waals surface area contributed by atoms with Crippen LogP contribution in [0, 0.1) is 0 Å². The number of rotatable bonds is 4. The lowest BCUT2D eigenvalue weighted by molar-refractivity contribution is 0.237. The molecule has 1 unspecified atom stereocenters. The highest BCUT2D eigenvalue weighted by molar-refractivity contribution is 9.10. The summed E-state index contributed by atoms with van der Waals surface area (Å²) in [5.41, 5.74) is 1.10. The molecule has 1 atom stereocenters. The average molecular weight is 258 g/mol. The Morgan fingerprint density at radius 1 is 1.36 bits per heavy atom. The van der Waals surface area contributed by atoms with E-state index in [1.807, 2.05) is 24.3 Å². The van der Waals surface area contributed by atoms with Gasteiger partial charge in [-0.05, 0) is 11.6 Å². The lowest BCUT2D eigenvalue weighted by atomic mass is 10.1. The van der Waals surface area contributed by atoms with Gasteiger partial charge in [0.15, 0.2) is 0 Å². The molecule has 2 nitrogen and oxygen atoms in total. The highest BCUT2D eigenvalue weighted by Gasteiger charge is 2.13. The number of benzene rings is 1. The monoisotopic (exact) mass is 257 g/mol. The van der Waals surface area contributed by atoms with E-state index in [1.54, 1.807) is 0 Å². The molecule has 0 amide bonds. The van der Waals surface area contributed by atoms with Crippen LogP contribution >= 0.6 is 15.9 Å². The van der Waals surface area contributed by atoms with Gasteiger partial charge in [-0.3, -0.25) is 0 Å². The quantitative estimate of drug-likeness (QED) is 0.869. The van der Waals surface area contributed by atoms with Gasteiger partial charge in [-0.25, -0.2) is 0 Å². The largest absolute Gasteiger partial charge is 0.394 e. The standard InChI is InChI=1S/C11H16BrNO/c1-8(2)13-11(7-14)9-5-3-4-6-10(9)12/h3-6,8,11,13-14H,7H2,1-2H3. The molecule has 0 bridgehead atoms. The lowest BCUT2D eigenvalue weighted by Gasteiger charge is -2.20. The molecule has 0 saturated heterocycles. The molecule has 14 heavy (non-hydrogen) atoms. The first kappa shape index (κ1) is 11.7. The van der Waals surface area contributed by atoms with E-state index in [0.29, 0.717) is 6.04 Å². The summed E-state index contributed by atoms with van der Waals surface area (Å²) < 4.78 is 1.03. The van der Waals surface area contributed by atoms with Crippen molar-refractivity contribution in [3.05, 3.63) is 34.3 Å². The molecule has 78 valence electrons. The summed E-state index contributed by atoms with van der Waals surface area (Å²) in [6.45, 7) is 4.25. The summed E-state index contributed by atoms with van der Waals surface area (Å²) in [6.07, 6.45) is 0. The Morgan fingerprint density at radius 3 is 2.50 bits per heavy atom. The van der Waals surface area contributed by atoms with E-state index in [9.17, 15) is 5.11 Å². The fraction of sp³-hybridized carbons (Fsp3) is 0.455. The van der Waals surface area contributed by atoms with Crippen LogP contribution in [0.1, 0.15) is 25.5 Å². The number of hydrogen-bond donors (Lipinski definition) is 2. The van der Waals surface area contributed by atoms with Gasteiger partial charge in [-0.1, -0.05) is 48.0 Å². The zero-order chi connectivity index (χ0) is 10.6. The highest BCUT2D eigenvalue weighted by Crippen LogP contribution is 2.23. The van der Waals surface area contributed by atoms with E-state index in [2.05, 4.69) is 35.1 Å². The van der Waals surface area contributed by atoms with E-state index in [0.717, 1.165) is 10.0 Å².